The maximum atomic E-state index is 11.3. The first-order chi connectivity index (χ1) is 9.10. The van der Waals surface area contributed by atoms with Gasteiger partial charge in [0.25, 0.3) is 5.91 Å². The van der Waals surface area contributed by atoms with Gasteiger partial charge in [-0.15, -0.1) is 0 Å². The molecule has 104 valence electrons. The Morgan fingerprint density at radius 3 is 3.00 bits per heavy atom. The third-order valence-electron chi connectivity index (χ3n) is 3.22. The number of anilines is 1. The highest BCUT2D eigenvalue weighted by atomic mass is 16.5. The standard InChI is InChI=1S/C14H20N2O3/c1-9(7-17)6-15-10(2)11-3-4-13-12(5-11)16-14(18)8-19-13/h3-5,9-10,15,17H,6-8H2,1-2H3,(H,16,18). The first-order valence-electron chi connectivity index (χ1n) is 6.51. The fraction of sp³-hybridized carbons (Fsp3) is 0.500. The number of ether oxygens (including phenoxy) is 1. The Hall–Kier alpha value is -1.59. The molecule has 0 saturated heterocycles. The monoisotopic (exact) mass is 264 g/mol. The van der Waals surface area contributed by atoms with E-state index in [0.717, 1.165) is 17.8 Å². The van der Waals surface area contributed by atoms with E-state index in [2.05, 4.69) is 17.6 Å². The highest BCUT2D eigenvalue weighted by molar-refractivity contribution is 5.95. The van der Waals surface area contributed by atoms with Crippen molar-refractivity contribution in [3.8, 4) is 5.75 Å². The molecule has 3 N–H and O–H groups in total. The van der Waals surface area contributed by atoms with E-state index in [0.29, 0.717) is 5.75 Å². The van der Waals surface area contributed by atoms with Gasteiger partial charge in [-0.25, -0.2) is 0 Å². The first-order valence-corrected chi connectivity index (χ1v) is 6.51. The summed E-state index contributed by atoms with van der Waals surface area (Å²) in [6.45, 7) is 5.04. The van der Waals surface area contributed by atoms with E-state index in [1.807, 2.05) is 25.1 Å². The van der Waals surface area contributed by atoms with Crippen molar-refractivity contribution in [2.24, 2.45) is 5.92 Å². The summed E-state index contributed by atoms with van der Waals surface area (Å²) in [5.41, 5.74) is 1.80. The summed E-state index contributed by atoms with van der Waals surface area (Å²) in [5.74, 6) is 0.807. The second kappa shape index (κ2) is 6.04. The van der Waals surface area contributed by atoms with Gasteiger partial charge in [0.2, 0.25) is 0 Å². The summed E-state index contributed by atoms with van der Waals surface area (Å²) in [7, 11) is 0. The highest BCUT2D eigenvalue weighted by Gasteiger charge is 2.17. The molecular weight excluding hydrogens is 244 g/mol. The molecule has 0 spiro atoms. The van der Waals surface area contributed by atoms with Crippen LogP contribution in [-0.4, -0.2) is 30.8 Å². The largest absolute Gasteiger partial charge is 0.482 e. The van der Waals surface area contributed by atoms with Crippen molar-refractivity contribution in [1.82, 2.24) is 5.32 Å². The number of fused-ring (bicyclic) bond motifs is 1. The van der Waals surface area contributed by atoms with E-state index in [1.165, 1.54) is 0 Å². The number of hydrogen-bond acceptors (Lipinski definition) is 4. The predicted molar refractivity (Wildman–Crippen MR) is 73.2 cm³/mol. The van der Waals surface area contributed by atoms with E-state index >= 15 is 0 Å². The molecule has 0 aliphatic carbocycles. The second-order valence-corrected chi connectivity index (χ2v) is 5.01. The van der Waals surface area contributed by atoms with Crippen LogP contribution in [0.3, 0.4) is 0 Å². The minimum absolute atomic E-state index is 0.0775. The van der Waals surface area contributed by atoms with Crippen LogP contribution in [0, 0.1) is 5.92 Å². The fourth-order valence-corrected chi connectivity index (χ4v) is 1.93. The van der Waals surface area contributed by atoms with E-state index in [1.54, 1.807) is 0 Å². The van der Waals surface area contributed by atoms with Crippen molar-refractivity contribution >= 4 is 11.6 Å². The van der Waals surface area contributed by atoms with Gasteiger partial charge in [-0.2, -0.15) is 0 Å². The Labute approximate surface area is 113 Å². The minimum Gasteiger partial charge on any atom is -0.482 e. The minimum atomic E-state index is -0.126. The number of benzene rings is 1. The lowest BCUT2D eigenvalue weighted by molar-refractivity contribution is -0.118. The van der Waals surface area contributed by atoms with Gasteiger partial charge in [-0.3, -0.25) is 4.79 Å². The molecule has 2 atom stereocenters. The number of aliphatic hydroxyl groups excluding tert-OH is 1. The molecule has 1 aromatic carbocycles. The van der Waals surface area contributed by atoms with Crippen LogP contribution in [0.15, 0.2) is 18.2 Å². The SMILES string of the molecule is CC(CO)CNC(C)c1ccc2c(c1)NC(=O)CO2. The van der Waals surface area contributed by atoms with Gasteiger partial charge in [0.15, 0.2) is 6.61 Å². The topological polar surface area (TPSA) is 70.6 Å². The zero-order valence-corrected chi connectivity index (χ0v) is 11.3. The molecule has 1 aliphatic rings. The zero-order chi connectivity index (χ0) is 13.8. The summed E-state index contributed by atoms with van der Waals surface area (Å²) in [6.07, 6.45) is 0. The molecule has 1 aromatic rings. The number of nitrogens with one attached hydrogen (secondary N) is 2. The van der Waals surface area contributed by atoms with Crippen LogP contribution in [-0.2, 0) is 4.79 Å². The maximum absolute atomic E-state index is 11.3. The number of amides is 1. The Kier molecular flexibility index (Phi) is 4.39. The molecule has 1 amide bonds. The lowest BCUT2D eigenvalue weighted by Crippen LogP contribution is -2.27. The average Bonchev–Trinajstić information content (AvgIpc) is 2.43. The lowest BCUT2D eigenvalue weighted by atomic mass is 10.1. The number of carbonyl (C=O) groups excluding carboxylic acids is 1. The summed E-state index contributed by atoms with van der Waals surface area (Å²) >= 11 is 0. The van der Waals surface area contributed by atoms with Crippen LogP contribution in [0.4, 0.5) is 5.69 Å². The quantitative estimate of drug-likeness (QED) is 0.749. The summed E-state index contributed by atoms with van der Waals surface area (Å²) in [4.78, 5) is 11.3. The molecule has 0 fully saturated rings. The van der Waals surface area contributed by atoms with E-state index in [9.17, 15) is 4.79 Å². The van der Waals surface area contributed by atoms with Crippen molar-refractivity contribution in [2.45, 2.75) is 19.9 Å². The lowest BCUT2D eigenvalue weighted by Gasteiger charge is -2.21. The molecule has 0 radical (unpaired) electrons. The van der Waals surface area contributed by atoms with Crippen molar-refractivity contribution in [2.75, 3.05) is 25.1 Å². The van der Waals surface area contributed by atoms with Crippen LogP contribution in [0.1, 0.15) is 25.5 Å². The third-order valence-corrected chi connectivity index (χ3v) is 3.22. The van der Waals surface area contributed by atoms with Gasteiger partial charge in [0.05, 0.1) is 5.69 Å². The Bertz CT molecular complexity index is 462. The Morgan fingerprint density at radius 1 is 1.47 bits per heavy atom. The molecule has 0 aromatic heterocycles. The molecule has 5 nitrogen and oxygen atoms in total. The summed E-state index contributed by atoms with van der Waals surface area (Å²) < 4.78 is 5.32. The van der Waals surface area contributed by atoms with Gasteiger partial charge in [-0.05, 0) is 30.5 Å². The van der Waals surface area contributed by atoms with Gasteiger partial charge in [0.1, 0.15) is 5.75 Å². The molecule has 0 saturated carbocycles. The van der Waals surface area contributed by atoms with E-state index in [4.69, 9.17) is 9.84 Å². The van der Waals surface area contributed by atoms with Crippen molar-refractivity contribution in [3.05, 3.63) is 23.8 Å². The average molecular weight is 264 g/mol. The van der Waals surface area contributed by atoms with Crippen LogP contribution >= 0.6 is 0 Å². The number of aliphatic hydroxyl groups is 1. The summed E-state index contributed by atoms with van der Waals surface area (Å²) in [5, 5.41) is 15.2. The van der Waals surface area contributed by atoms with E-state index < -0.39 is 0 Å². The molecule has 19 heavy (non-hydrogen) atoms. The van der Waals surface area contributed by atoms with Crippen LogP contribution in [0.25, 0.3) is 0 Å². The van der Waals surface area contributed by atoms with E-state index in [-0.39, 0.29) is 31.1 Å². The second-order valence-electron chi connectivity index (χ2n) is 5.01. The van der Waals surface area contributed by atoms with Crippen LogP contribution in [0.2, 0.25) is 0 Å². The molecule has 2 unspecified atom stereocenters. The molecule has 5 heteroatoms. The van der Waals surface area contributed by atoms with Crippen LogP contribution < -0.4 is 15.4 Å². The maximum Gasteiger partial charge on any atom is 0.262 e. The van der Waals surface area contributed by atoms with Crippen molar-refractivity contribution < 1.29 is 14.6 Å². The molecule has 1 heterocycles. The number of carbonyl (C=O) groups is 1. The predicted octanol–water partition coefficient (Wildman–Crippen LogP) is 1.30. The molecular formula is C14H20N2O3. The highest BCUT2D eigenvalue weighted by Crippen LogP contribution is 2.30. The van der Waals surface area contributed by atoms with Crippen LogP contribution in [0.5, 0.6) is 5.75 Å². The Morgan fingerprint density at radius 2 is 2.26 bits per heavy atom. The van der Waals surface area contributed by atoms with Gasteiger partial charge < -0.3 is 20.5 Å². The third kappa shape index (κ3) is 3.45. The van der Waals surface area contributed by atoms with Crippen molar-refractivity contribution in [1.29, 1.82) is 0 Å². The summed E-state index contributed by atoms with van der Waals surface area (Å²) in [6, 6.07) is 5.93. The normalized spacial score (nSPS) is 17.1. The van der Waals surface area contributed by atoms with Gasteiger partial charge in [0, 0.05) is 19.2 Å². The number of hydrogen-bond donors (Lipinski definition) is 3. The molecule has 2 rings (SSSR count). The molecule has 1 aliphatic heterocycles. The molecule has 0 bridgehead atoms. The zero-order valence-electron chi connectivity index (χ0n) is 11.3. The smallest absolute Gasteiger partial charge is 0.262 e. The van der Waals surface area contributed by atoms with Gasteiger partial charge >= 0.3 is 0 Å². The van der Waals surface area contributed by atoms with Gasteiger partial charge in [-0.1, -0.05) is 13.0 Å². The first kappa shape index (κ1) is 13.8. The fourth-order valence-electron chi connectivity index (χ4n) is 1.93. The Balaban J connectivity index is 2.04. The van der Waals surface area contributed by atoms with Crippen molar-refractivity contribution in [3.63, 3.8) is 0 Å². The number of rotatable bonds is 5.